The highest BCUT2D eigenvalue weighted by atomic mass is 16.1. The number of nitrogens with zero attached hydrogens (tertiary/aromatic N) is 2. The second-order valence-electron chi connectivity index (χ2n) is 1.90. The van der Waals surface area contributed by atoms with Crippen LogP contribution in [0, 0.1) is 6.92 Å². The first-order valence-electron chi connectivity index (χ1n) is 2.78. The van der Waals surface area contributed by atoms with Crippen molar-refractivity contribution in [2.75, 3.05) is 5.73 Å². The van der Waals surface area contributed by atoms with Gasteiger partial charge in [0.15, 0.2) is 12.1 Å². The number of anilines is 1. The SMILES string of the molecule is Cc1cnc(C=O)c(N)n1. The zero-order valence-corrected chi connectivity index (χ0v) is 5.53. The van der Waals surface area contributed by atoms with Crippen molar-refractivity contribution in [2.24, 2.45) is 0 Å². The van der Waals surface area contributed by atoms with Crippen LogP contribution in [0.2, 0.25) is 0 Å². The molecule has 0 aliphatic rings. The van der Waals surface area contributed by atoms with Gasteiger partial charge in [0.2, 0.25) is 0 Å². The summed E-state index contributed by atoms with van der Waals surface area (Å²) in [6, 6.07) is 0. The van der Waals surface area contributed by atoms with Crippen molar-refractivity contribution in [1.29, 1.82) is 0 Å². The number of rotatable bonds is 1. The third-order valence-electron chi connectivity index (χ3n) is 1.06. The molecule has 4 heteroatoms. The van der Waals surface area contributed by atoms with Crippen molar-refractivity contribution in [3.05, 3.63) is 17.6 Å². The molecule has 0 fully saturated rings. The number of hydrogen-bond donors (Lipinski definition) is 1. The first-order chi connectivity index (χ1) is 4.74. The molecule has 4 nitrogen and oxygen atoms in total. The lowest BCUT2D eigenvalue weighted by atomic mass is 10.4. The second-order valence-corrected chi connectivity index (χ2v) is 1.90. The number of hydrogen-bond acceptors (Lipinski definition) is 4. The fraction of sp³-hybridized carbons (Fsp3) is 0.167. The van der Waals surface area contributed by atoms with Crippen LogP contribution in [0.25, 0.3) is 0 Å². The molecule has 0 saturated heterocycles. The Bertz CT molecular complexity index is 259. The quantitative estimate of drug-likeness (QED) is 0.560. The minimum atomic E-state index is 0.190. The van der Waals surface area contributed by atoms with Crippen molar-refractivity contribution in [1.82, 2.24) is 9.97 Å². The summed E-state index contributed by atoms with van der Waals surface area (Å²) in [5.41, 5.74) is 6.24. The van der Waals surface area contributed by atoms with E-state index in [0.29, 0.717) is 12.0 Å². The van der Waals surface area contributed by atoms with E-state index in [0.717, 1.165) is 0 Å². The molecular weight excluding hydrogens is 130 g/mol. The Hall–Kier alpha value is -1.45. The van der Waals surface area contributed by atoms with Crippen LogP contribution >= 0.6 is 0 Å². The zero-order valence-electron chi connectivity index (χ0n) is 5.53. The number of nitrogens with two attached hydrogens (primary N) is 1. The van der Waals surface area contributed by atoms with Crippen LogP contribution in [0.3, 0.4) is 0 Å². The van der Waals surface area contributed by atoms with Gasteiger partial charge in [-0.25, -0.2) is 9.97 Å². The molecule has 2 N–H and O–H groups in total. The molecule has 1 rings (SSSR count). The van der Waals surface area contributed by atoms with Gasteiger partial charge in [-0.3, -0.25) is 4.79 Å². The monoisotopic (exact) mass is 137 g/mol. The van der Waals surface area contributed by atoms with E-state index >= 15 is 0 Å². The Balaban J connectivity index is 3.19. The van der Waals surface area contributed by atoms with Crippen molar-refractivity contribution in [3.63, 3.8) is 0 Å². The molecule has 0 radical (unpaired) electrons. The van der Waals surface area contributed by atoms with E-state index in [1.54, 1.807) is 6.92 Å². The zero-order chi connectivity index (χ0) is 7.56. The summed E-state index contributed by atoms with van der Waals surface area (Å²) < 4.78 is 0. The molecule has 0 unspecified atom stereocenters. The predicted octanol–water partition coefficient (Wildman–Crippen LogP) is 0.180. The van der Waals surface area contributed by atoms with Crippen molar-refractivity contribution in [3.8, 4) is 0 Å². The van der Waals surface area contributed by atoms with Crippen LogP contribution in [-0.4, -0.2) is 16.3 Å². The van der Waals surface area contributed by atoms with Crippen molar-refractivity contribution in [2.45, 2.75) is 6.92 Å². The van der Waals surface area contributed by atoms with Gasteiger partial charge in [0.25, 0.3) is 0 Å². The summed E-state index contributed by atoms with van der Waals surface area (Å²) in [5.74, 6) is 0.190. The molecule has 0 aromatic carbocycles. The van der Waals surface area contributed by atoms with Crippen LogP contribution in [0.4, 0.5) is 5.82 Å². The number of aldehydes is 1. The Morgan fingerprint density at radius 3 is 2.90 bits per heavy atom. The predicted molar refractivity (Wildman–Crippen MR) is 36.6 cm³/mol. The summed E-state index contributed by atoms with van der Waals surface area (Å²) in [6.07, 6.45) is 2.09. The van der Waals surface area contributed by atoms with Crippen LogP contribution in [0.1, 0.15) is 16.2 Å². The van der Waals surface area contributed by atoms with Gasteiger partial charge in [-0.2, -0.15) is 0 Å². The minimum absolute atomic E-state index is 0.190. The second kappa shape index (κ2) is 2.43. The number of nitrogen functional groups attached to an aromatic ring is 1. The lowest BCUT2D eigenvalue weighted by Gasteiger charge is -1.95. The Morgan fingerprint density at radius 2 is 2.40 bits per heavy atom. The molecule has 0 atom stereocenters. The molecular formula is C6H7N3O. The Labute approximate surface area is 58.1 Å². The molecule has 1 aromatic rings. The normalized spacial score (nSPS) is 9.30. The van der Waals surface area contributed by atoms with Gasteiger partial charge >= 0.3 is 0 Å². The molecule has 10 heavy (non-hydrogen) atoms. The van der Waals surface area contributed by atoms with Crippen LogP contribution < -0.4 is 5.73 Å². The van der Waals surface area contributed by atoms with Crippen molar-refractivity contribution >= 4 is 12.1 Å². The highest BCUT2D eigenvalue weighted by molar-refractivity contribution is 5.78. The highest BCUT2D eigenvalue weighted by Gasteiger charge is 1.98. The summed E-state index contributed by atoms with van der Waals surface area (Å²) in [5, 5.41) is 0. The van der Waals surface area contributed by atoms with Gasteiger partial charge in [-0.1, -0.05) is 0 Å². The molecule has 1 heterocycles. The van der Waals surface area contributed by atoms with E-state index in [2.05, 4.69) is 9.97 Å². The largest absolute Gasteiger partial charge is 0.382 e. The molecule has 0 aliphatic heterocycles. The van der Waals surface area contributed by atoms with E-state index in [1.165, 1.54) is 6.20 Å². The van der Waals surface area contributed by atoms with E-state index in [-0.39, 0.29) is 11.5 Å². The van der Waals surface area contributed by atoms with E-state index in [9.17, 15) is 4.79 Å². The van der Waals surface area contributed by atoms with Crippen molar-refractivity contribution < 1.29 is 4.79 Å². The third-order valence-corrected chi connectivity index (χ3v) is 1.06. The van der Waals surface area contributed by atoms with Crippen LogP contribution in [0.15, 0.2) is 6.20 Å². The molecule has 0 saturated carbocycles. The van der Waals surface area contributed by atoms with Gasteiger partial charge in [0.1, 0.15) is 5.69 Å². The molecule has 0 aliphatic carbocycles. The van der Waals surface area contributed by atoms with Gasteiger partial charge in [0, 0.05) is 6.20 Å². The third kappa shape index (κ3) is 1.10. The van der Waals surface area contributed by atoms with Gasteiger partial charge < -0.3 is 5.73 Å². The first kappa shape index (κ1) is 6.67. The van der Waals surface area contributed by atoms with E-state index in [1.807, 2.05) is 0 Å². The maximum absolute atomic E-state index is 10.2. The average Bonchev–Trinajstić information content (AvgIpc) is 1.88. The minimum Gasteiger partial charge on any atom is -0.382 e. The van der Waals surface area contributed by atoms with Gasteiger partial charge in [-0.05, 0) is 6.92 Å². The number of carbonyl (C=O) groups excluding carboxylic acids is 1. The summed E-state index contributed by atoms with van der Waals surface area (Å²) in [6.45, 7) is 1.76. The number of carbonyl (C=O) groups is 1. The van der Waals surface area contributed by atoms with Crippen LogP contribution in [0.5, 0.6) is 0 Å². The average molecular weight is 137 g/mol. The lowest BCUT2D eigenvalue weighted by molar-refractivity contribution is 0.111. The molecule has 1 aromatic heterocycles. The summed E-state index contributed by atoms with van der Waals surface area (Å²) in [7, 11) is 0. The molecule has 0 amide bonds. The maximum atomic E-state index is 10.2. The topological polar surface area (TPSA) is 68.9 Å². The molecule has 52 valence electrons. The first-order valence-corrected chi connectivity index (χ1v) is 2.78. The maximum Gasteiger partial charge on any atom is 0.172 e. The number of aromatic nitrogens is 2. The fourth-order valence-electron chi connectivity index (χ4n) is 0.596. The lowest BCUT2D eigenvalue weighted by Crippen LogP contribution is -2.00. The Kier molecular flexibility index (Phi) is 1.62. The highest BCUT2D eigenvalue weighted by Crippen LogP contribution is 2.01. The standard InChI is InChI=1S/C6H7N3O/c1-4-2-8-5(3-10)6(7)9-4/h2-3H,1H3,(H2,7,9). The smallest absolute Gasteiger partial charge is 0.172 e. The number of aryl methyl sites for hydroxylation is 1. The summed E-state index contributed by atoms with van der Waals surface area (Å²) in [4.78, 5) is 17.7. The molecule has 0 spiro atoms. The molecule has 0 bridgehead atoms. The Morgan fingerprint density at radius 1 is 1.70 bits per heavy atom. The van der Waals surface area contributed by atoms with Crippen LogP contribution in [-0.2, 0) is 0 Å². The van der Waals surface area contributed by atoms with Gasteiger partial charge in [0.05, 0.1) is 5.69 Å². The summed E-state index contributed by atoms with van der Waals surface area (Å²) >= 11 is 0. The van der Waals surface area contributed by atoms with E-state index in [4.69, 9.17) is 5.73 Å². The van der Waals surface area contributed by atoms with Gasteiger partial charge in [-0.15, -0.1) is 0 Å². The fourth-order valence-corrected chi connectivity index (χ4v) is 0.596. The van der Waals surface area contributed by atoms with E-state index < -0.39 is 0 Å².